The maximum atomic E-state index is 13.6. The number of ketones is 1. The zero-order valence-corrected chi connectivity index (χ0v) is 20.1. The molecule has 6 heteroatoms. The molecule has 1 fully saturated rings. The van der Waals surface area contributed by atoms with E-state index >= 15 is 0 Å². The third-order valence-electron chi connectivity index (χ3n) is 8.02. The average Bonchev–Trinajstić information content (AvgIpc) is 3.14. The van der Waals surface area contributed by atoms with Gasteiger partial charge in [-0.1, -0.05) is 60.7 Å². The van der Waals surface area contributed by atoms with Crippen molar-refractivity contribution in [2.45, 2.75) is 25.7 Å². The molecule has 0 saturated carbocycles. The van der Waals surface area contributed by atoms with Crippen molar-refractivity contribution < 1.29 is 23.9 Å². The summed E-state index contributed by atoms with van der Waals surface area (Å²) in [5, 5.41) is 0. The number of benzene rings is 3. The smallest absolute Gasteiger partial charge is 0.326 e. The van der Waals surface area contributed by atoms with Crippen LogP contribution in [0, 0.1) is 25.7 Å². The Balaban J connectivity index is 1.22. The molecule has 3 aromatic carbocycles. The van der Waals surface area contributed by atoms with Gasteiger partial charge in [0.1, 0.15) is 6.54 Å². The van der Waals surface area contributed by atoms with Crippen molar-refractivity contribution in [3.8, 4) is 0 Å². The van der Waals surface area contributed by atoms with Crippen molar-refractivity contribution in [3.05, 3.63) is 106 Å². The third-order valence-corrected chi connectivity index (χ3v) is 8.02. The fourth-order valence-corrected chi connectivity index (χ4v) is 6.21. The predicted molar refractivity (Wildman–Crippen MR) is 131 cm³/mol. The third kappa shape index (κ3) is 3.24. The number of ether oxygens (including phenoxy) is 1. The lowest BCUT2D eigenvalue weighted by Crippen LogP contribution is -2.41. The van der Waals surface area contributed by atoms with Gasteiger partial charge in [0.25, 0.3) is 0 Å². The molecule has 4 aliphatic rings. The summed E-state index contributed by atoms with van der Waals surface area (Å²) in [6, 6.07) is 21.3. The number of nitrogens with zero attached hydrogens (tertiary/aromatic N) is 1. The summed E-state index contributed by atoms with van der Waals surface area (Å²) >= 11 is 0. The van der Waals surface area contributed by atoms with Crippen molar-refractivity contribution in [1.29, 1.82) is 0 Å². The van der Waals surface area contributed by atoms with Crippen LogP contribution in [0.2, 0.25) is 0 Å². The summed E-state index contributed by atoms with van der Waals surface area (Å²) in [5.74, 6) is -3.33. The molecule has 2 unspecified atom stereocenters. The van der Waals surface area contributed by atoms with Crippen molar-refractivity contribution >= 4 is 23.6 Å². The Hall–Kier alpha value is -4.06. The van der Waals surface area contributed by atoms with E-state index in [1.165, 1.54) is 0 Å². The molecule has 2 atom stereocenters. The van der Waals surface area contributed by atoms with Crippen LogP contribution in [0.3, 0.4) is 0 Å². The number of carbonyl (C=O) groups is 4. The van der Waals surface area contributed by atoms with Crippen LogP contribution < -0.4 is 0 Å². The molecule has 1 aliphatic heterocycles. The van der Waals surface area contributed by atoms with Gasteiger partial charge in [-0.2, -0.15) is 0 Å². The molecule has 1 saturated heterocycles. The van der Waals surface area contributed by atoms with Crippen LogP contribution >= 0.6 is 0 Å². The predicted octanol–water partition coefficient (Wildman–Crippen LogP) is 3.92. The monoisotopic (exact) mass is 479 g/mol. The standard InChI is InChI=1S/C30H25NO5/c1-16-11-12-18(13-17(16)2)23(32)15-36-24(33)14-31-29(34)27-25-19-7-3-4-8-20(19)26(28(27)30(31)35)22-10-6-5-9-21(22)25/h3-13,25-28H,14-15H2,1-2H3. The molecule has 3 aromatic rings. The van der Waals surface area contributed by atoms with E-state index in [0.29, 0.717) is 5.56 Å². The van der Waals surface area contributed by atoms with E-state index in [1.807, 2.05) is 68.4 Å². The van der Waals surface area contributed by atoms with Crippen LogP contribution in [0.4, 0.5) is 0 Å². The number of esters is 1. The Morgan fingerprint density at radius 3 is 1.72 bits per heavy atom. The molecule has 36 heavy (non-hydrogen) atoms. The van der Waals surface area contributed by atoms with Gasteiger partial charge in [-0.15, -0.1) is 0 Å². The van der Waals surface area contributed by atoms with Crippen molar-refractivity contribution in [2.24, 2.45) is 11.8 Å². The van der Waals surface area contributed by atoms with Gasteiger partial charge in [-0.25, -0.2) is 0 Å². The summed E-state index contributed by atoms with van der Waals surface area (Å²) in [6.45, 7) is 2.93. The van der Waals surface area contributed by atoms with Crippen LogP contribution in [0.1, 0.15) is 55.6 Å². The van der Waals surface area contributed by atoms with E-state index in [9.17, 15) is 19.2 Å². The van der Waals surface area contributed by atoms with Gasteiger partial charge in [0.2, 0.25) is 11.8 Å². The van der Waals surface area contributed by atoms with E-state index in [4.69, 9.17) is 4.74 Å². The topological polar surface area (TPSA) is 80.8 Å². The van der Waals surface area contributed by atoms with E-state index < -0.39 is 31.0 Å². The highest BCUT2D eigenvalue weighted by Crippen LogP contribution is 2.60. The van der Waals surface area contributed by atoms with E-state index in [0.717, 1.165) is 38.3 Å². The maximum absolute atomic E-state index is 13.6. The highest BCUT2D eigenvalue weighted by molar-refractivity contribution is 6.09. The minimum absolute atomic E-state index is 0.226. The van der Waals surface area contributed by atoms with E-state index in [2.05, 4.69) is 0 Å². The van der Waals surface area contributed by atoms with Crippen LogP contribution in [0.15, 0.2) is 66.7 Å². The second-order valence-electron chi connectivity index (χ2n) is 9.91. The Morgan fingerprint density at radius 1 is 0.750 bits per heavy atom. The number of amides is 2. The summed E-state index contributed by atoms with van der Waals surface area (Å²) in [5.41, 5.74) is 6.80. The number of carbonyl (C=O) groups excluding carboxylic acids is 4. The lowest BCUT2D eigenvalue weighted by molar-refractivity contribution is -0.152. The van der Waals surface area contributed by atoms with Crippen LogP contribution in [-0.4, -0.2) is 41.6 Å². The van der Waals surface area contributed by atoms with Crippen molar-refractivity contribution in [1.82, 2.24) is 4.90 Å². The van der Waals surface area contributed by atoms with Gasteiger partial charge in [0, 0.05) is 17.4 Å². The lowest BCUT2D eigenvalue weighted by Gasteiger charge is -2.45. The van der Waals surface area contributed by atoms with Gasteiger partial charge >= 0.3 is 5.97 Å². The quantitative estimate of drug-likeness (QED) is 0.315. The first-order valence-corrected chi connectivity index (χ1v) is 12.2. The summed E-state index contributed by atoms with van der Waals surface area (Å²) in [7, 11) is 0. The molecule has 6 nitrogen and oxygen atoms in total. The summed E-state index contributed by atoms with van der Waals surface area (Å²) < 4.78 is 5.20. The number of Topliss-reactive ketones (excluding diaryl/α,β-unsaturated/α-hetero) is 1. The normalized spacial score (nSPS) is 23.2. The Bertz CT molecular complexity index is 1340. The lowest BCUT2D eigenvalue weighted by atomic mass is 9.55. The minimum Gasteiger partial charge on any atom is -0.456 e. The minimum atomic E-state index is -0.769. The fourth-order valence-electron chi connectivity index (χ4n) is 6.21. The molecule has 0 radical (unpaired) electrons. The van der Waals surface area contributed by atoms with E-state index in [1.54, 1.807) is 12.1 Å². The molecule has 180 valence electrons. The Kier molecular flexibility index (Phi) is 5.14. The van der Waals surface area contributed by atoms with Gasteiger partial charge in [-0.3, -0.25) is 24.1 Å². The molecule has 0 N–H and O–H groups in total. The zero-order valence-electron chi connectivity index (χ0n) is 20.1. The average molecular weight is 480 g/mol. The molecule has 2 amide bonds. The van der Waals surface area contributed by atoms with Crippen LogP contribution in [-0.2, 0) is 19.1 Å². The van der Waals surface area contributed by atoms with Crippen molar-refractivity contribution in [2.75, 3.05) is 13.2 Å². The van der Waals surface area contributed by atoms with Gasteiger partial charge < -0.3 is 4.74 Å². The molecular formula is C30H25NO5. The van der Waals surface area contributed by atoms with Crippen LogP contribution in [0.5, 0.6) is 0 Å². The summed E-state index contributed by atoms with van der Waals surface area (Å²) in [6.07, 6.45) is 0. The molecular weight excluding hydrogens is 454 g/mol. The molecule has 0 aromatic heterocycles. The molecule has 1 heterocycles. The number of rotatable bonds is 5. The van der Waals surface area contributed by atoms with Gasteiger partial charge in [0.05, 0.1) is 11.8 Å². The second-order valence-corrected chi connectivity index (χ2v) is 9.91. The Morgan fingerprint density at radius 2 is 1.25 bits per heavy atom. The van der Waals surface area contributed by atoms with Gasteiger partial charge in [-0.05, 0) is 53.3 Å². The SMILES string of the molecule is Cc1ccc(C(=O)COC(=O)CN2C(=O)C3C4c5ccccc5C(c5ccccc54)C3C2=O)cc1C. The molecule has 0 spiro atoms. The maximum Gasteiger partial charge on any atom is 0.326 e. The van der Waals surface area contributed by atoms with Crippen LogP contribution in [0.25, 0.3) is 0 Å². The first kappa shape index (κ1) is 22.4. The van der Waals surface area contributed by atoms with E-state index in [-0.39, 0.29) is 29.4 Å². The van der Waals surface area contributed by atoms with Gasteiger partial charge in [0.15, 0.2) is 12.4 Å². The number of likely N-dealkylation sites (tertiary alicyclic amines) is 1. The number of aryl methyl sites for hydroxylation is 2. The Labute approximate surface area is 208 Å². The number of imide groups is 1. The zero-order chi connectivity index (χ0) is 25.1. The number of hydrogen-bond acceptors (Lipinski definition) is 5. The highest BCUT2D eigenvalue weighted by Gasteiger charge is 2.61. The molecule has 7 rings (SSSR count). The second kappa shape index (κ2) is 8.26. The first-order valence-electron chi connectivity index (χ1n) is 12.2. The molecule has 3 aliphatic carbocycles. The summed E-state index contributed by atoms with van der Waals surface area (Å²) in [4.78, 5) is 53.3. The number of hydrogen-bond donors (Lipinski definition) is 0. The highest BCUT2D eigenvalue weighted by atomic mass is 16.5. The molecule has 2 bridgehead atoms. The fraction of sp³-hybridized carbons (Fsp3) is 0.267. The largest absolute Gasteiger partial charge is 0.456 e. The van der Waals surface area contributed by atoms with Crippen molar-refractivity contribution in [3.63, 3.8) is 0 Å². The first-order chi connectivity index (χ1) is 17.4.